The molecule has 3 amide bonds. The molecule has 2 aromatic rings. The van der Waals surface area contributed by atoms with Crippen LogP contribution in [0.5, 0.6) is 0 Å². The van der Waals surface area contributed by atoms with Gasteiger partial charge >= 0.3 is 0 Å². The molecule has 0 fully saturated rings. The number of carbonyl (C=O) groups is 3. The first-order valence-corrected chi connectivity index (χ1v) is 11.8. The molecule has 0 saturated carbocycles. The van der Waals surface area contributed by atoms with E-state index in [0.29, 0.717) is 5.75 Å². The van der Waals surface area contributed by atoms with E-state index in [1.165, 1.54) is 36.9 Å². The first-order chi connectivity index (χ1) is 15.4. The van der Waals surface area contributed by atoms with Gasteiger partial charge in [-0.25, -0.2) is 8.78 Å². The molecule has 178 valence electrons. The fraction of sp³-hybridized carbons (Fsp3) is 0.286. The molecule has 0 spiro atoms. The first kappa shape index (κ1) is 27.2. The zero-order valence-corrected chi connectivity index (χ0v) is 20.6. The maximum absolute atomic E-state index is 14.8. The number of alkyl halides is 2. The van der Waals surface area contributed by atoms with Crippen LogP contribution in [0.1, 0.15) is 30.6 Å². The van der Waals surface area contributed by atoms with E-state index in [2.05, 4.69) is 16.0 Å². The maximum atomic E-state index is 14.8. The number of nitrogens with one attached hydrogen (secondary N) is 3. The molecule has 0 aliphatic rings. The molecular weight excluding hydrogens is 519 g/mol. The van der Waals surface area contributed by atoms with Gasteiger partial charge in [-0.05, 0) is 43.0 Å². The highest BCUT2D eigenvalue weighted by Gasteiger charge is 2.22. The Morgan fingerprint density at radius 1 is 1.03 bits per heavy atom. The summed E-state index contributed by atoms with van der Waals surface area (Å²) in [6.07, 6.45) is -0.202. The van der Waals surface area contributed by atoms with Gasteiger partial charge < -0.3 is 16.0 Å². The highest BCUT2D eigenvalue weighted by Crippen LogP contribution is 2.29. The number of amides is 3. The topological polar surface area (TPSA) is 87.3 Å². The largest absolute Gasteiger partial charge is 0.326 e. The molecule has 0 aliphatic carbocycles. The van der Waals surface area contributed by atoms with E-state index in [0.717, 1.165) is 12.1 Å². The zero-order valence-electron chi connectivity index (χ0n) is 17.5. The summed E-state index contributed by atoms with van der Waals surface area (Å²) in [5.74, 6) is -3.36. The lowest BCUT2D eigenvalue weighted by Crippen LogP contribution is -2.21. The van der Waals surface area contributed by atoms with E-state index in [-0.39, 0.29) is 34.1 Å². The van der Waals surface area contributed by atoms with Gasteiger partial charge in [-0.3, -0.25) is 14.4 Å². The molecule has 0 aromatic heterocycles. The maximum Gasteiger partial charge on any atom is 0.257 e. The second-order valence-corrected chi connectivity index (χ2v) is 10.5. The van der Waals surface area contributed by atoms with E-state index in [4.69, 9.17) is 34.8 Å². The SMILES string of the molecule is CCSCC(=O)Nc1c(F)ccc(NC(=O)c2cc(NC(=O)CC(C)(Cl)Cl)ccc2Cl)c1F. The van der Waals surface area contributed by atoms with Crippen LogP contribution in [0.15, 0.2) is 30.3 Å². The number of thioether (sulfide) groups is 1. The molecule has 6 nitrogen and oxygen atoms in total. The molecule has 0 bridgehead atoms. The van der Waals surface area contributed by atoms with Crippen LogP contribution >= 0.6 is 46.6 Å². The number of halogens is 5. The van der Waals surface area contributed by atoms with Crippen LogP contribution in [0.25, 0.3) is 0 Å². The minimum atomic E-state index is -1.28. The minimum absolute atomic E-state index is 0.0205. The Labute approximate surface area is 208 Å². The van der Waals surface area contributed by atoms with Gasteiger partial charge in [0.05, 0.1) is 28.4 Å². The molecule has 0 saturated heterocycles. The normalized spacial score (nSPS) is 11.1. The number of hydrogen-bond acceptors (Lipinski definition) is 4. The van der Waals surface area contributed by atoms with Gasteiger partial charge in [-0.1, -0.05) is 18.5 Å². The number of hydrogen-bond donors (Lipinski definition) is 3. The van der Waals surface area contributed by atoms with Crippen LogP contribution in [-0.2, 0) is 9.59 Å². The molecule has 3 N–H and O–H groups in total. The van der Waals surface area contributed by atoms with Crippen molar-refractivity contribution in [1.29, 1.82) is 0 Å². The number of anilines is 3. The average Bonchev–Trinajstić information content (AvgIpc) is 2.71. The molecule has 12 heteroatoms. The van der Waals surface area contributed by atoms with E-state index < -0.39 is 39.4 Å². The fourth-order valence-electron chi connectivity index (χ4n) is 2.59. The van der Waals surface area contributed by atoms with E-state index in [1.54, 1.807) is 0 Å². The van der Waals surface area contributed by atoms with Gasteiger partial charge in [0.15, 0.2) is 5.82 Å². The third-order valence-electron chi connectivity index (χ3n) is 4.01. The standard InChI is InChI=1S/C21H20Cl3F2N3O3S/c1-3-33-10-17(31)29-19-14(25)6-7-15(18(19)26)28-20(32)12-8-11(4-5-13(12)22)27-16(30)9-21(2,23)24/h4-8H,3,9-10H2,1-2H3,(H,27,30)(H,28,32)(H,29,31). The molecule has 2 aromatic carbocycles. The van der Waals surface area contributed by atoms with Crippen molar-refractivity contribution >= 4 is 81.3 Å². The Balaban J connectivity index is 2.22. The number of benzene rings is 2. The summed E-state index contributed by atoms with van der Waals surface area (Å²) in [4.78, 5) is 36.6. The fourth-order valence-corrected chi connectivity index (χ4v) is 3.50. The van der Waals surface area contributed by atoms with Crippen molar-refractivity contribution in [3.8, 4) is 0 Å². The number of carbonyl (C=O) groups excluding carboxylic acids is 3. The Bertz CT molecular complexity index is 1070. The van der Waals surface area contributed by atoms with Crippen LogP contribution < -0.4 is 16.0 Å². The summed E-state index contributed by atoms with van der Waals surface area (Å²) in [5, 5.41) is 7.02. The van der Waals surface area contributed by atoms with Gasteiger partial charge in [-0.15, -0.1) is 23.2 Å². The molecule has 0 radical (unpaired) electrons. The minimum Gasteiger partial charge on any atom is -0.326 e. The smallest absolute Gasteiger partial charge is 0.257 e. The summed E-state index contributed by atoms with van der Waals surface area (Å²) in [5.41, 5.74) is -0.895. The van der Waals surface area contributed by atoms with Crippen molar-refractivity contribution in [2.45, 2.75) is 24.6 Å². The summed E-state index contributed by atoms with van der Waals surface area (Å²) < 4.78 is 27.6. The quantitative estimate of drug-likeness (QED) is 0.338. The Hall–Kier alpha value is -2.07. The summed E-state index contributed by atoms with van der Waals surface area (Å²) in [6, 6.07) is 6.03. The Morgan fingerprint density at radius 2 is 1.73 bits per heavy atom. The molecule has 0 heterocycles. The Morgan fingerprint density at radius 3 is 2.36 bits per heavy atom. The second kappa shape index (κ2) is 11.9. The zero-order chi connectivity index (χ0) is 24.8. The second-order valence-electron chi connectivity index (χ2n) is 6.91. The molecule has 0 unspecified atom stereocenters. The van der Waals surface area contributed by atoms with Gasteiger partial charge in [0.25, 0.3) is 5.91 Å². The van der Waals surface area contributed by atoms with E-state index in [1.807, 2.05) is 6.92 Å². The Kier molecular flexibility index (Phi) is 9.78. The summed E-state index contributed by atoms with van der Waals surface area (Å²) >= 11 is 19.0. The lowest BCUT2D eigenvalue weighted by atomic mass is 10.1. The van der Waals surface area contributed by atoms with Crippen molar-refractivity contribution in [2.24, 2.45) is 0 Å². The van der Waals surface area contributed by atoms with Gasteiger partial charge in [0.2, 0.25) is 11.8 Å². The van der Waals surface area contributed by atoms with Crippen molar-refractivity contribution in [3.05, 3.63) is 52.6 Å². The lowest BCUT2D eigenvalue weighted by molar-refractivity contribution is -0.116. The molecule has 0 atom stereocenters. The van der Waals surface area contributed by atoms with Crippen molar-refractivity contribution in [1.82, 2.24) is 0 Å². The molecular formula is C21H20Cl3F2N3O3S. The predicted molar refractivity (Wildman–Crippen MR) is 131 cm³/mol. The highest BCUT2D eigenvalue weighted by atomic mass is 35.5. The summed E-state index contributed by atoms with van der Waals surface area (Å²) in [6.45, 7) is 3.29. The van der Waals surface area contributed by atoms with Gasteiger partial charge in [0.1, 0.15) is 15.8 Å². The predicted octanol–water partition coefficient (Wildman–Crippen LogP) is 6.08. The molecule has 33 heavy (non-hydrogen) atoms. The van der Waals surface area contributed by atoms with Crippen molar-refractivity contribution in [2.75, 3.05) is 27.5 Å². The van der Waals surface area contributed by atoms with Crippen LogP contribution in [-0.4, -0.2) is 33.6 Å². The van der Waals surface area contributed by atoms with E-state index in [9.17, 15) is 23.2 Å². The highest BCUT2D eigenvalue weighted by molar-refractivity contribution is 7.99. The van der Waals surface area contributed by atoms with Gasteiger partial charge in [0, 0.05) is 5.69 Å². The van der Waals surface area contributed by atoms with Crippen molar-refractivity contribution in [3.63, 3.8) is 0 Å². The summed E-state index contributed by atoms with van der Waals surface area (Å²) in [7, 11) is 0. The van der Waals surface area contributed by atoms with Crippen LogP contribution in [0.4, 0.5) is 25.8 Å². The third kappa shape index (κ3) is 8.33. The third-order valence-corrected chi connectivity index (χ3v) is 5.48. The molecule has 2 rings (SSSR count). The average molecular weight is 539 g/mol. The van der Waals surface area contributed by atoms with E-state index >= 15 is 0 Å². The number of rotatable bonds is 9. The monoisotopic (exact) mass is 537 g/mol. The van der Waals surface area contributed by atoms with Crippen LogP contribution in [0.3, 0.4) is 0 Å². The first-order valence-electron chi connectivity index (χ1n) is 9.55. The van der Waals surface area contributed by atoms with Crippen LogP contribution in [0.2, 0.25) is 5.02 Å². The molecule has 0 aliphatic heterocycles. The van der Waals surface area contributed by atoms with Gasteiger partial charge in [-0.2, -0.15) is 11.8 Å². The van der Waals surface area contributed by atoms with Crippen molar-refractivity contribution < 1.29 is 23.2 Å². The lowest BCUT2D eigenvalue weighted by Gasteiger charge is -2.14. The van der Waals surface area contributed by atoms with Crippen LogP contribution in [0, 0.1) is 11.6 Å².